The molecule has 0 aromatic heterocycles. The summed E-state index contributed by atoms with van der Waals surface area (Å²) in [6.07, 6.45) is -4.49. The molecule has 146 valence electrons. The molecule has 0 atom stereocenters. The van der Waals surface area contributed by atoms with Crippen molar-refractivity contribution in [1.29, 1.82) is 0 Å². The minimum atomic E-state index is -4.63. The fourth-order valence-corrected chi connectivity index (χ4v) is 3.29. The lowest BCUT2D eigenvalue weighted by molar-refractivity contribution is -0.145. The van der Waals surface area contributed by atoms with E-state index >= 15 is 0 Å². The fraction of sp³-hybridized carbons (Fsp3) is 0.278. The van der Waals surface area contributed by atoms with Crippen LogP contribution in [-0.2, 0) is 32.3 Å². The van der Waals surface area contributed by atoms with Gasteiger partial charge in [0.2, 0.25) is 10.0 Å². The van der Waals surface area contributed by atoms with Crippen LogP contribution >= 0.6 is 0 Å². The standard InChI is InChI=1S/C18H18F3NO4S/c19-18(20,21)15-8-4-9-16(12-15)27(24,25)22-11-5-10-17(23)26-13-14-6-2-1-3-7-14/h1-4,6-9,12,22H,5,10-11,13H2. The number of sulfonamides is 1. The van der Waals surface area contributed by atoms with Crippen molar-refractivity contribution in [3.05, 3.63) is 65.7 Å². The monoisotopic (exact) mass is 401 g/mol. The summed E-state index contributed by atoms with van der Waals surface area (Å²) in [5.41, 5.74) is -0.217. The van der Waals surface area contributed by atoms with Crippen LogP contribution in [0.25, 0.3) is 0 Å². The Labute approximate surface area is 155 Å². The Morgan fingerprint density at radius 1 is 1.04 bits per heavy atom. The average Bonchev–Trinajstić information content (AvgIpc) is 2.64. The third-order valence-electron chi connectivity index (χ3n) is 3.56. The van der Waals surface area contributed by atoms with E-state index in [9.17, 15) is 26.4 Å². The SMILES string of the molecule is O=C(CCCNS(=O)(=O)c1cccc(C(F)(F)F)c1)OCc1ccccc1. The molecule has 2 rings (SSSR count). The summed E-state index contributed by atoms with van der Waals surface area (Å²) in [5.74, 6) is -0.489. The van der Waals surface area contributed by atoms with Gasteiger partial charge in [0.05, 0.1) is 10.5 Å². The molecule has 5 nitrogen and oxygen atoms in total. The molecule has 0 amide bonds. The van der Waals surface area contributed by atoms with Crippen LogP contribution in [0.4, 0.5) is 13.2 Å². The van der Waals surface area contributed by atoms with E-state index in [2.05, 4.69) is 4.72 Å². The molecule has 0 radical (unpaired) electrons. The van der Waals surface area contributed by atoms with Gasteiger partial charge in [-0.05, 0) is 30.2 Å². The number of hydrogen-bond donors (Lipinski definition) is 1. The van der Waals surface area contributed by atoms with Gasteiger partial charge in [-0.2, -0.15) is 13.2 Å². The zero-order valence-electron chi connectivity index (χ0n) is 14.2. The van der Waals surface area contributed by atoms with Crippen molar-refractivity contribution in [2.75, 3.05) is 6.54 Å². The van der Waals surface area contributed by atoms with E-state index in [1.165, 1.54) is 0 Å². The molecule has 0 bridgehead atoms. The second kappa shape index (κ2) is 9.01. The smallest absolute Gasteiger partial charge is 0.416 e. The molecule has 0 saturated heterocycles. The van der Waals surface area contributed by atoms with Crippen molar-refractivity contribution in [3.8, 4) is 0 Å². The molecule has 27 heavy (non-hydrogen) atoms. The average molecular weight is 401 g/mol. The summed E-state index contributed by atoms with van der Waals surface area (Å²) < 4.78 is 69.4. The third-order valence-corrected chi connectivity index (χ3v) is 5.02. The first-order chi connectivity index (χ1) is 12.7. The van der Waals surface area contributed by atoms with E-state index < -0.39 is 32.6 Å². The number of ether oxygens (including phenoxy) is 1. The highest BCUT2D eigenvalue weighted by atomic mass is 32.2. The Hall–Kier alpha value is -2.39. The maximum atomic E-state index is 12.7. The maximum Gasteiger partial charge on any atom is 0.416 e. The number of nitrogens with one attached hydrogen (secondary N) is 1. The van der Waals surface area contributed by atoms with Gasteiger partial charge in [0.15, 0.2) is 0 Å². The van der Waals surface area contributed by atoms with E-state index in [1.54, 1.807) is 12.1 Å². The van der Waals surface area contributed by atoms with E-state index in [-0.39, 0.29) is 26.0 Å². The summed E-state index contributed by atoms with van der Waals surface area (Å²) in [4.78, 5) is 11.2. The van der Waals surface area contributed by atoms with Crippen LogP contribution in [0.2, 0.25) is 0 Å². The van der Waals surface area contributed by atoms with Gasteiger partial charge in [-0.1, -0.05) is 36.4 Å². The van der Waals surface area contributed by atoms with Crippen LogP contribution < -0.4 is 4.72 Å². The molecule has 0 aliphatic rings. The van der Waals surface area contributed by atoms with Crippen LogP contribution in [0.15, 0.2) is 59.5 Å². The molecule has 2 aromatic carbocycles. The molecule has 0 heterocycles. The molecular weight excluding hydrogens is 383 g/mol. The van der Waals surface area contributed by atoms with Crippen molar-refractivity contribution < 1.29 is 31.1 Å². The predicted octanol–water partition coefficient (Wildman–Crippen LogP) is 3.51. The Morgan fingerprint density at radius 2 is 1.74 bits per heavy atom. The molecule has 9 heteroatoms. The first-order valence-electron chi connectivity index (χ1n) is 8.05. The Kier molecular flexibility index (Phi) is 6.98. The fourth-order valence-electron chi connectivity index (χ4n) is 2.17. The second-order valence-electron chi connectivity index (χ2n) is 5.67. The number of esters is 1. The normalized spacial score (nSPS) is 12.0. The van der Waals surface area contributed by atoms with Gasteiger partial charge >= 0.3 is 12.1 Å². The van der Waals surface area contributed by atoms with E-state index in [1.807, 2.05) is 18.2 Å². The Bertz CT molecular complexity index is 868. The lowest BCUT2D eigenvalue weighted by atomic mass is 10.2. The van der Waals surface area contributed by atoms with Crippen LogP contribution in [0.3, 0.4) is 0 Å². The third kappa shape index (κ3) is 6.69. The van der Waals surface area contributed by atoms with Crippen LogP contribution in [0.5, 0.6) is 0 Å². The topological polar surface area (TPSA) is 72.5 Å². The molecule has 0 unspecified atom stereocenters. The number of rotatable bonds is 8. The van der Waals surface area contributed by atoms with Gasteiger partial charge < -0.3 is 4.74 Å². The summed E-state index contributed by atoms with van der Waals surface area (Å²) >= 11 is 0. The summed E-state index contributed by atoms with van der Waals surface area (Å²) in [5, 5.41) is 0. The molecule has 0 aliphatic heterocycles. The largest absolute Gasteiger partial charge is 0.461 e. The molecular formula is C18H18F3NO4S. The minimum Gasteiger partial charge on any atom is -0.461 e. The number of alkyl halides is 3. The van der Waals surface area contributed by atoms with E-state index in [4.69, 9.17) is 4.74 Å². The van der Waals surface area contributed by atoms with Crippen molar-refractivity contribution >= 4 is 16.0 Å². The Balaban J connectivity index is 1.79. The number of benzene rings is 2. The first kappa shape index (κ1) is 20.9. The zero-order chi connectivity index (χ0) is 19.9. The molecule has 1 N–H and O–H groups in total. The van der Waals surface area contributed by atoms with E-state index in [0.29, 0.717) is 6.07 Å². The van der Waals surface area contributed by atoms with Gasteiger partial charge in [-0.3, -0.25) is 4.79 Å². The second-order valence-corrected chi connectivity index (χ2v) is 7.44. The molecule has 2 aromatic rings. The number of hydrogen-bond acceptors (Lipinski definition) is 4. The lowest BCUT2D eigenvalue weighted by Crippen LogP contribution is -2.25. The number of carbonyl (C=O) groups excluding carboxylic acids is 1. The molecule has 0 fully saturated rings. The predicted molar refractivity (Wildman–Crippen MR) is 92.1 cm³/mol. The highest BCUT2D eigenvalue weighted by Gasteiger charge is 2.31. The van der Waals surface area contributed by atoms with Gasteiger partial charge in [0.25, 0.3) is 0 Å². The van der Waals surface area contributed by atoms with Crippen molar-refractivity contribution in [2.45, 2.75) is 30.5 Å². The molecule has 0 aliphatic carbocycles. The first-order valence-corrected chi connectivity index (χ1v) is 9.53. The molecule has 0 spiro atoms. The van der Waals surface area contributed by atoms with Gasteiger partial charge in [0, 0.05) is 13.0 Å². The quantitative estimate of drug-likeness (QED) is 0.543. The minimum absolute atomic E-state index is 0.0159. The van der Waals surface area contributed by atoms with Crippen LogP contribution in [-0.4, -0.2) is 20.9 Å². The number of carbonyl (C=O) groups is 1. The zero-order valence-corrected chi connectivity index (χ0v) is 15.0. The van der Waals surface area contributed by atoms with Crippen molar-refractivity contribution in [2.24, 2.45) is 0 Å². The highest BCUT2D eigenvalue weighted by Crippen LogP contribution is 2.30. The summed E-state index contributed by atoms with van der Waals surface area (Å²) in [7, 11) is -4.10. The Morgan fingerprint density at radius 3 is 2.41 bits per heavy atom. The maximum absolute atomic E-state index is 12.7. The van der Waals surface area contributed by atoms with Gasteiger partial charge in [0.1, 0.15) is 6.61 Å². The number of halogens is 3. The van der Waals surface area contributed by atoms with Crippen molar-refractivity contribution in [1.82, 2.24) is 4.72 Å². The van der Waals surface area contributed by atoms with Crippen LogP contribution in [0, 0.1) is 0 Å². The summed E-state index contributed by atoms with van der Waals surface area (Å²) in [6.45, 7) is 0.0225. The highest BCUT2D eigenvalue weighted by molar-refractivity contribution is 7.89. The van der Waals surface area contributed by atoms with Gasteiger partial charge in [-0.25, -0.2) is 13.1 Å². The molecule has 0 saturated carbocycles. The lowest BCUT2D eigenvalue weighted by Gasteiger charge is -2.10. The van der Waals surface area contributed by atoms with Crippen LogP contribution in [0.1, 0.15) is 24.0 Å². The van der Waals surface area contributed by atoms with E-state index in [0.717, 1.165) is 23.8 Å². The van der Waals surface area contributed by atoms with Gasteiger partial charge in [-0.15, -0.1) is 0 Å². The summed E-state index contributed by atoms with van der Waals surface area (Å²) in [6, 6.07) is 12.5. The van der Waals surface area contributed by atoms with Crippen molar-refractivity contribution in [3.63, 3.8) is 0 Å².